The van der Waals surface area contributed by atoms with Crippen molar-refractivity contribution in [3.63, 3.8) is 0 Å². The van der Waals surface area contributed by atoms with Crippen molar-refractivity contribution < 1.29 is 9.53 Å². The highest BCUT2D eigenvalue weighted by Gasteiger charge is 2.17. The number of carbonyl (C=O) groups excluding carboxylic acids is 1. The first-order valence-electron chi connectivity index (χ1n) is 8.75. The fourth-order valence-corrected chi connectivity index (χ4v) is 2.91. The molecule has 7 heteroatoms. The first-order valence-corrected chi connectivity index (χ1v) is 8.75. The van der Waals surface area contributed by atoms with Gasteiger partial charge < -0.3 is 10.1 Å². The molecule has 0 atom stereocenters. The van der Waals surface area contributed by atoms with Crippen LogP contribution in [0.2, 0.25) is 0 Å². The summed E-state index contributed by atoms with van der Waals surface area (Å²) in [6.07, 6.45) is 1.76. The average Bonchev–Trinajstić information content (AvgIpc) is 3.02. The molecule has 27 heavy (non-hydrogen) atoms. The first kappa shape index (κ1) is 18.5. The zero-order chi connectivity index (χ0) is 19.4. The number of nitrogens with zero attached hydrogens (tertiary/aromatic N) is 4. The minimum Gasteiger partial charge on any atom is -0.380 e. The van der Waals surface area contributed by atoms with Gasteiger partial charge in [0.1, 0.15) is 11.8 Å². The Labute approximate surface area is 157 Å². The highest BCUT2D eigenvalue weighted by atomic mass is 16.5. The molecule has 1 amide bonds. The molecule has 0 aliphatic carbocycles. The second-order valence-corrected chi connectivity index (χ2v) is 6.09. The summed E-state index contributed by atoms with van der Waals surface area (Å²) in [5, 5.41) is 17.4. The Morgan fingerprint density at radius 1 is 1.37 bits per heavy atom. The van der Waals surface area contributed by atoms with Gasteiger partial charge in [0.2, 0.25) is 0 Å². The van der Waals surface area contributed by atoms with Gasteiger partial charge in [0.15, 0.2) is 0 Å². The fourth-order valence-electron chi connectivity index (χ4n) is 2.91. The molecular formula is C20H21N5O2. The maximum absolute atomic E-state index is 12.6. The number of rotatable bonds is 6. The van der Waals surface area contributed by atoms with Crippen molar-refractivity contribution in [2.45, 2.75) is 13.8 Å². The quantitative estimate of drug-likeness (QED) is 0.680. The van der Waals surface area contributed by atoms with Crippen LogP contribution >= 0.6 is 0 Å². The second-order valence-electron chi connectivity index (χ2n) is 6.09. The van der Waals surface area contributed by atoms with E-state index in [4.69, 9.17) is 4.74 Å². The van der Waals surface area contributed by atoms with Gasteiger partial charge in [0.05, 0.1) is 23.9 Å². The van der Waals surface area contributed by atoms with E-state index in [2.05, 4.69) is 21.5 Å². The third-order valence-electron chi connectivity index (χ3n) is 4.45. The normalized spacial score (nSPS) is 10.7. The third kappa shape index (κ3) is 3.66. The van der Waals surface area contributed by atoms with Crippen LogP contribution in [0.25, 0.3) is 22.0 Å². The summed E-state index contributed by atoms with van der Waals surface area (Å²) in [7, 11) is 1.87. The predicted molar refractivity (Wildman–Crippen MR) is 102 cm³/mol. The van der Waals surface area contributed by atoms with Gasteiger partial charge in [0, 0.05) is 36.8 Å². The van der Waals surface area contributed by atoms with E-state index in [1.807, 2.05) is 33.0 Å². The second kappa shape index (κ2) is 7.98. The van der Waals surface area contributed by atoms with Crippen molar-refractivity contribution in [3.05, 3.63) is 47.4 Å². The van der Waals surface area contributed by atoms with Crippen LogP contribution < -0.4 is 5.32 Å². The van der Waals surface area contributed by atoms with E-state index in [0.29, 0.717) is 30.8 Å². The van der Waals surface area contributed by atoms with E-state index in [1.54, 1.807) is 23.0 Å². The molecule has 0 radical (unpaired) electrons. The molecule has 0 fully saturated rings. The van der Waals surface area contributed by atoms with Gasteiger partial charge >= 0.3 is 0 Å². The lowest BCUT2D eigenvalue weighted by molar-refractivity contribution is 0.0918. The standard InChI is InChI=1S/C20H21N5O2/c1-4-27-9-8-22-20(26)18-10-16(17-12-23-25(3)13(17)2)15-7-5-6-14(11-21)19(15)24-18/h5-7,10,12H,4,8-9H2,1-3H3,(H,22,26). The highest BCUT2D eigenvalue weighted by molar-refractivity contribution is 6.03. The molecule has 138 valence electrons. The Bertz CT molecular complexity index is 1030. The van der Waals surface area contributed by atoms with Gasteiger partial charge in [-0.05, 0) is 31.5 Å². The van der Waals surface area contributed by atoms with Crippen LogP contribution in [0.4, 0.5) is 0 Å². The van der Waals surface area contributed by atoms with Crippen molar-refractivity contribution in [1.82, 2.24) is 20.1 Å². The van der Waals surface area contributed by atoms with Crippen molar-refractivity contribution >= 4 is 16.8 Å². The summed E-state index contributed by atoms with van der Waals surface area (Å²) in [4.78, 5) is 17.1. The number of para-hydroxylation sites is 1. The summed E-state index contributed by atoms with van der Waals surface area (Å²) in [5.74, 6) is -0.299. The molecule has 2 heterocycles. The fraction of sp³-hybridized carbons (Fsp3) is 0.300. The summed E-state index contributed by atoms with van der Waals surface area (Å²) in [5.41, 5.74) is 3.91. The van der Waals surface area contributed by atoms with Crippen molar-refractivity contribution in [1.29, 1.82) is 5.26 Å². The number of ether oxygens (including phenoxy) is 1. The maximum Gasteiger partial charge on any atom is 0.270 e. The van der Waals surface area contributed by atoms with Crippen LogP contribution in [0, 0.1) is 18.3 Å². The average molecular weight is 363 g/mol. The Morgan fingerprint density at radius 2 is 2.19 bits per heavy atom. The van der Waals surface area contributed by atoms with Crippen molar-refractivity contribution in [2.24, 2.45) is 7.05 Å². The molecule has 0 aliphatic rings. The Morgan fingerprint density at radius 3 is 2.85 bits per heavy atom. The number of hydrogen-bond donors (Lipinski definition) is 1. The van der Waals surface area contributed by atoms with E-state index < -0.39 is 0 Å². The minimum absolute atomic E-state index is 0.264. The monoisotopic (exact) mass is 363 g/mol. The molecule has 0 saturated carbocycles. The van der Waals surface area contributed by atoms with Gasteiger partial charge in [-0.3, -0.25) is 9.48 Å². The molecule has 1 aromatic carbocycles. The molecule has 0 saturated heterocycles. The zero-order valence-electron chi connectivity index (χ0n) is 15.6. The zero-order valence-corrected chi connectivity index (χ0v) is 15.6. The lowest BCUT2D eigenvalue weighted by Gasteiger charge is -2.11. The van der Waals surface area contributed by atoms with Crippen LogP contribution in [0.15, 0.2) is 30.5 Å². The Hall–Kier alpha value is -3.24. The van der Waals surface area contributed by atoms with Crippen molar-refractivity contribution in [2.75, 3.05) is 19.8 Å². The SMILES string of the molecule is CCOCCNC(=O)c1cc(-c2cnn(C)c2C)c2cccc(C#N)c2n1. The number of amides is 1. The lowest BCUT2D eigenvalue weighted by atomic mass is 9.98. The van der Waals surface area contributed by atoms with Gasteiger partial charge in [-0.2, -0.15) is 10.4 Å². The van der Waals surface area contributed by atoms with Crippen LogP contribution in [0.1, 0.15) is 28.7 Å². The summed E-state index contributed by atoms with van der Waals surface area (Å²) < 4.78 is 7.02. The number of nitriles is 1. The van der Waals surface area contributed by atoms with E-state index in [1.165, 1.54) is 0 Å². The molecule has 0 aliphatic heterocycles. The molecule has 3 aromatic rings. The highest BCUT2D eigenvalue weighted by Crippen LogP contribution is 2.32. The lowest BCUT2D eigenvalue weighted by Crippen LogP contribution is -2.28. The smallest absolute Gasteiger partial charge is 0.270 e. The van der Waals surface area contributed by atoms with E-state index in [-0.39, 0.29) is 11.6 Å². The first-order chi connectivity index (χ1) is 13.1. The van der Waals surface area contributed by atoms with Crippen LogP contribution in [0.5, 0.6) is 0 Å². The number of fused-ring (bicyclic) bond motifs is 1. The Kier molecular flexibility index (Phi) is 5.48. The molecule has 2 aromatic heterocycles. The largest absolute Gasteiger partial charge is 0.380 e. The summed E-state index contributed by atoms with van der Waals surface area (Å²) in [6, 6.07) is 9.34. The number of nitrogens with one attached hydrogen (secondary N) is 1. The summed E-state index contributed by atoms with van der Waals surface area (Å²) in [6.45, 7) is 5.30. The predicted octanol–water partition coefficient (Wildman–Crippen LogP) is 2.58. The molecule has 0 bridgehead atoms. The number of aryl methyl sites for hydroxylation is 1. The van der Waals surface area contributed by atoms with E-state index in [9.17, 15) is 10.1 Å². The molecule has 7 nitrogen and oxygen atoms in total. The molecule has 0 spiro atoms. The van der Waals surface area contributed by atoms with Gasteiger partial charge in [-0.1, -0.05) is 12.1 Å². The third-order valence-corrected chi connectivity index (χ3v) is 4.45. The van der Waals surface area contributed by atoms with Crippen LogP contribution in [-0.2, 0) is 11.8 Å². The number of benzene rings is 1. The molecule has 3 rings (SSSR count). The van der Waals surface area contributed by atoms with Crippen molar-refractivity contribution in [3.8, 4) is 17.2 Å². The molecular weight excluding hydrogens is 342 g/mol. The molecule has 0 unspecified atom stereocenters. The Balaban J connectivity index is 2.12. The molecule has 1 N–H and O–H groups in total. The summed E-state index contributed by atoms with van der Waals surface area (Å²) >= 11 is 0. The van der Waals surface area contributed by atoms with Crippen LogP contribution in [-0.4, -0.2) is 40.4 Å². The van der Waals surface area contributed by atoms with E-state index >= 15 is 0 Å². The number of pyridine rings is 1. The number of carbonyl (C=O) groups is 1. The maximum atomic E-state index is 12.6. The van der Waals surface area contributed by atoms with Gasteiger partial charge in [-0.15, -0.1) is 0 Å². The number of hydrogen-bond acceptors (Lipinski definition) is 5. The van der Waals surface area contributed by atoms with Gasteiger partial charge in [0.25, 0.3) is 5.91 Å². The van der Waals surface area contributed by atoms with Gasteiger partial charge in [-0.25, -0.2) is 4.98 Å². The number of aromatic nitrogens is 3. The minimum atomic E-state index is -0.299. The topological polar surface area (TPSA) is 92.8 Å². The van der Waals surface area contributed by atoms with E-state index in [0.717, 1.165) is 22.2 Å². The van der Waals surface area contributed by atoms with Crippen LogP contribution in [0.3, 0.4) is 0 Å².